The third kappa shape index (κ3) is 3.06. The first-order valence-corrected chi connectivity index (χ1v) is 6.17. The maximum atomic E-state index is 10.6. The van der Waals surface area contributed by atoms with Crippen LogP contribution >= 0.6 is 0 Å². The van der Waals surface area contributed by atoms with Crippen LogP contribution in [-0.4, -0.2) is 10.7 Å². The zero-order valence-electron chi connectivity index (χ0n) is 10.3. The van der Waals surface area contributed by atoms with E-state index in [4.69, 9.17) is 5.73 Å². The Morgan fingerprint density at radius 1 is 1.12 bits per heavy atom. The summed E-state index contributed by atoms with van der Waals surface area (Å²) in [7, 11) is 0. The van der Waals surface area contributed by atoms with Crippen molar-refractivity contribution in [2.24, 2.45) is 5.73 Å². The van der Waals surface area contributed by atoms with Gasteiger partial charge in [-0.2, -0.15) is 0 Å². The van der Waals surface area contributed by atoms with E-state index in [9.17, 15) is 5.11 Å². The van der Waals surface area contributed by atoms with Crippen molar-refractivity contribution >= 4 is 0 Å². The minimum absolute atomic E-state index is 0.284. The van der Waals surface area contributed by atoms with E-state index in [1.165, 1.54) is 0 Å². The van der Waals surface area contributed by atoms with Crippen LogP contribution in [0.2, 0.25) is 0 Å². The average molecular weight is 221 g/mol. The standard InChI is InChI=1S/C14H23NO/c1-3-10-14(16,11-4-2)13(15)12-8-6-5-7-9-12/h5-9,13,16H,3-4,10-11,15H2,1-2H3. The summed E-state index contributed by atoms with van der Waals surface area (Å²) in [5.74, 6) is 0. The molecule has 1 atom stereocenters. The molecule has 0 aliphatic rings. The summed E-state index contributed by atoms with van der Waals surface area (Å²) in [5.41, 5.74) is 6.46. The van der Waals surface area contributed by atoms with Gasteiger partial charge in [-0.15, -0.1) is 0 Å². The molecule has 0 spiro atoms. The molecule has 1 aromatic carbocycles. The van der Waals surface area contributed by atoms with Crippen LogP contribution in [-0.2, 0) is 0 Å². The quantitative estimate of drug-likeness (QED) is 0.775. The van der Waals surface area contributed by atoms with Crippen molar-refractivity contribution in [3.8, 4) is 0 Å². The van der Waals surface area contributed by atoms with Crippen LogP contribution in [0.15, 0.2) is 30.3 Å². The highest BCUT2D eigenvalue weighted by Crippen LogP contribution is 2.31. The molecule has 1 aromatic rings. The van der Waals surface area contributed by atoms with Crippen LogP contribution in [0.25, 0.3) is 0 Å². The number of hydrogen-bond donors (Lipinski definition) is 2. The molecule has 16 heavy (non-hydrogen) atoms. The third-order valence-electron chi connectivity index (χ3n) is 3.10. The van der Waals surface area contributed by atoms with E-state index in [2.05, 4.69) is 13.8 Å². The van der Waals surface area contributed by atoms with Gasteiger partial charge in [0, 0.05) is 0 Å². The summed E-state index contributed by atoms with van der Waals surface area (Å²) in [6.07, 6.45) is 3.43. The number of aliphatic hydroxyl groups is 1. The molecular formula is C14H23NO. The summed E-state index contributed by atoms with van der Waals surface area (Å²) >= 11 is 0. The van der Waals surface area contributed by atoms with Crippen molar-refractivity contribution in [3.63, 3.8) is 0 Å². The second kappa shape index (κ2) is 6.02. The minimum atomic E-state index is -0.759. The molecule has 90 valence electrons. The molecule has 0 saturated carbocycles. The van der Waals surface area contributed by atoms with Crippen LogP contribution in [0.4, 0.5) is 0 Å². The van der Waals surface area contributed by atoms with Gasteiger partial charge in [0.25, 0.3) is 0 Å². The normalized spacial score (nSPS) is 13.8. The molecule has 0 heterocycles. The van der Waals surface area contributed by atoms with E-state index < -0.39 is 5.60 Å². The molecule has 0 fully saturated rings. The predicted molar refractivity (Wildman–Crippen MR) is 68.1 cm³/mol. The summed E-state index contributed by atoms with van der Waals surface area (Å²) in [6.45, 7) is 4.16. The Balaban J connectivity index is 2.86. The SMILES string of the molecule is CCCC(O)(CCC)C(N)c1ccccc1. The molecule has 2 nitrogen and oxygen atoms in total. The summed E-state index contributed by atoms with van der Waals surface area (Å²) in [4.78, 5) is 0. The topological polar surface area (TPSA) is 46.2 Å². The fourth-order valence-electron chi connectivity index (χ4n) is 2.27. The molecule has 0 radical (unpaired) electrons. The zero-order chi connectivity index (χ0) is 12.0. The van der Waals surface area contributed by atoms with Crippen molar-refractivity contribution in [3.05, 3.63) is 35.9 Å². The van der Waals surface area contributed by atoms with Gasteiger partial charge in [-0.3, -0.25) is 0 Å². The molecule has 0 saturated heterocycles. The first-order chi connectivity index (χ1) is 7.64. The van der Waals surface area contributed by atoms with E-state index in [1.54, 1.807) is 0 Å². The van der Waals surface area contributed by atoms with E-state index in [0.717, 1.165) is 31.2 Å². The monoisotopic (exact) mass is 221 g/mol. The fourth-order valence-corrected chi connectivity index (χ4v) is 2.27. The first-order valence-electron chi connectivity index (χ1n) is 6.17. The molecule has 0 aliphatic heterocycles. The van der Waals surface area contributed by atoms with Crippen molar-refractivity contribution in [2.45, 2.75) is 51.2 Å². The Morgan fingerprint density at radius 3 is 2.06 bits per heavy atom. The number of nitrogens with two attached hydrogens (primary N) is 1. The Bertz CT molecular complexity index is 291. The Hall–Kier alpha value is -0.860. The van der Waals surface area contributed by atoms with E-state index in [0.29, 0.717) is 0 Å². The largest absolute Gasteiger partial charge is 0.388 e. The summed E-state index contributed by atoms with van der Waals surface area (Å²) < 4.78 is 0. The Morgan fingerprint density at radius 2 is 1.62 bits per heavy atom. The molecule has 3 N–H and O–H groups in total. The van der Waals surface area contributed by atoms with Gasteiger partial charge < -0.3 is 10.8 Å². The zero-order valence-corrected chi connectivity index (χ0v) is 10.3. The second-order valence-electron chi connectivity index (χ2n) is 4.49. The van der Waals surface area contributed by atoms with Crippen LogP contribution in [0.1, 0.15) is 51.1 Å². The van der Waals surface area contributed by atoms with Gasteiger partial charge in [-0.25, -0.2) is 0 Å². The maximum absolute atomic E-state index is 10.6. The molecular weight excluding hydrogens is 198 g/mol. The maximum Gasteiger partial charge on any atom is 0.0839 e. The number of hydrogen-bond acceptors (Lipinski definition) is 2. The van der Waals surface area contributed by atoms with E-state index in [1.807, 2.05) is 30.3 Å². The van der Waals surface area contributed by atoms with Crippen LogP contribution in [0, 0.1) is 0 Å². The molecule has 2 heteroatoms. The molecule has 0 bridgehead atoms. The van der Waals surface area contributed by atoms with Gasteiger partial charge in [-0.1, -0.05) is 57.0 Å². The van der Waals surface area contributed by atoms with Crippen LogP contribution in [0.3, 0.4) is 0 Å². The van der Waals surface area contributed by atoms with E-state index >= 15 is 0 Å². The number of rotatable bonds is 6. The Kier molecular flexibility index (Phi) is 4.97. The Labute approximate surface area is 98.5 Å². The van der Waals surface area contributed by atoms with Crippen molar-refractivity contribution in [1.29, 1.82) is 0 Å². The summed E-state index contributed by atoms with van der Waals surface area (Å²) in [5, 5.41) is 10.6. The molecule has 1 rings (SSSR count). The van der Waals surface area contributed by atoms with Crippen molar-refractivity contribution < 1.29 is 5.11 Å². The lowest BCUT2D eigenvalue weighted by Gasteiger charge is -2.34. The fraction of sp³-hybridized carbons (Fsp3) is 0.571. The van der Waals surface area contributed by atoms with Crippen LogP contribution < -0.4 is 5.73 Å². The average Bonchev–Trinajstić information content (AvgIpc) is 2.30. The second-order valence-corrected chi connectivity index (χ2v) is 4.49. The van der Waals surface area contributed by atoms with Gasteiger partial charge in [-0.05, 0) is 18.4 Å². The highest BCUT2D eigenvalue weighted by molar-refractivity contribution is 5.21. The highest BCUT2D eigenvalue weighted by Gasteiger charge is 2.33. The lowest BCUT2D eigenvalue weighted by molar-refractivity contribution is -0.00455. The summed E-state index contributed by atoms with van der Waals surface area (Å²) in [6, 6.07) is 9.59. The van der Waals surface area contributed by atoms with Gasteiger partial charge >= 0.3 is 0 Å². The van der Waals surface area contributed by atoms with Crippen molar-refractivity contribution in [2.75, 3.05) is 0 Å². The van der Waals surface area contributed by atoms with Gasteiger partial charge in [0.1, 0.15) is 0 Å². The smallest absolute Gasteiger partial charge is 0.0839 e. The lowest BCUT2D eigenvalue weighted by atomic mass is 9.82. The predicted octanol–water partition coefficient (Wildman–Crippen LogP) is 3.02. The van der Waals surface area contributed by atoms with Gasteiger partial charge in [0.05, 0.1) is 11.6 Å². The van der Waals surface area contributed by atoms with Crippen LogP contribution in [0.5, 0.6) is 0 Å². The minimum Gasteiger partial charge on any atom is -0.388 e. The van der Waals surface area contributed by atoms with Gasteiger partial charge in [0.2, 0.25) is 0 Å². The molecule has 0 aliphatic carbocycles. The molecule has 0 aromatic heterocycles. The highest BCUT2D eigenvalue weighted by atomic mass is 16.3. The molecule has 0 amide bonds. The molecule has 1 unspecified atom stereocenters. The van der Waals surface area contributed by atoms with E-state index in [-0.39, 0.29) is 6.04 Å². The number of benzene rings is 1. The van der Waals surface area contributed by atoms with Crippen molar-refractivity contribution in [1.82, 2.24) is 0 Å². The first kappa shape index (κ1) is 13.2. The third-order valence-corrected chi connectivity index (χ3v) is 3.10. The lowest BCUT2D eigenvalue weighted by Crippen LogP contribution is -2.41. The van der Waals surface area contributed by atoms with Gasteiger partial charge in [0.15, 0.2) is 0 Å².